The van der Waals surface area contributed by atoms with Crippen molar-refractivity contribution in [2.75, 3.05) is 38.7 Å². The van der Waals surface area contributed by atoms with Crippen LogP contribution in [0.5, 0.6) is 5.75 Å². The van der Waals surface area contributed by atoms with Gasteiger partial charge in [0.25, 0.3) is 5.91 Å². The molecule has 1 N–H and O–H groups in total. The maximum Gasteiger partial charge on any atom is 0.255 e. The maximum atomic E-state index is 12.9. The van der Waals surface area contributed by atoms with E-state index in [9.17, 15) is 13.2 Å². The van der Waals surface area contributed by atoms with E-state index in [1.807, 2.05) is 6.07 Å². The van der Waals surface area contributed by atoms with E-state index in [0.29, 0.717) is 43.3 Å². The van der Waals surface area contributed by atoms with Crippen molar-refractivity contribution in [3.8, 4) is 5.75 Å². The molecule has 27 heavy (non-hydrogen) atoms. The fourth-order valence-corrected chi connectivity index (χ4v) is 4.68. The SMILES string of the molecule is COc1ccc(S(=O)(=O)N2CCOCC2)cc1NC(=O)c1cccc(I)c1. The molecule has 9 heteroatoms. The lowest BCUT2D eigenvalue weighted by Crippen LogP contribution is -2.40. The molecule has 144 valence electrons. The molecule has 0 aromatic heterocycles. The highest BCUT2D eigenvalue weighted by molar-refractivity contribution is 14.1. The number of anilines is 1. The molecule has 2 aromatic rings. The van der Waals surface area contributed by atoms with Crippen LogP contribution in [0.25, 0.3) is 0 Å². The molecule has 1 fully saturated rings. The predicted molar refractivity (Wildman–Crippen MR) is 110 cm³/mol. The molecule has 0 spiro atoms. The largest absolute Gasteiger partial charge is 0.495 e. The van der Waals surface area contributed by atoms with E-state index >= 15 is 0 Å². The van der Waals surface area contributed by atoms with Gasteiger partial charge in [-0.15, -0.1) is 0 Å². The lowest BCUT2D eigenvalue weighted by Gasteiger charge is -2.26. The fourth-order valence-electron chi connectivity index (χ4n) is 2.71. The summed E-state index contributed by atoms with van der Waals surface area (Å²) in [6.07, 6.45) is 0. The number of hydrogen-bond donors (Lipinski definition) is 1. The lowest BCUT2D eigenvalue weighted by molar-refractivity contribution is 0.0730. The van der Waals surface area contributed by atoms with Crippen LogP contribution in [-0.2, 0) is 14.8 Å². The molecular formula is C18H19IN2O5S. The fraction of sp³-hybridized carbons (Fsp3) is 0.278. The summed E-state index contributed by atoms with van der Waals surface area (Å²) in [6, 6.07) is 11.5. The van der Waals surface area contributed by atoms with Gasteiger partial charge in [0.15, 0.2) is 0 Å². The van der Waals surface area contributed by atoms with Crippen LogP contribution in [0.15, 0.2) is 47.4 Å². The average molecular weight is 502 g/mol. The van der Waals surface area contributed by atoms with E-state index < -0.39 is 10.0 Å². The second-order valence-electron chi connectivity index (χ2n) is 5.84. The minimum Gasteiger partial charge on any atom is -0.495 e. The first kappa shape index (κ1) is 20.1. The molecule has 0 atom stereocenters. The summed E-state index contributed by atoms with van der Waals surface area (Å²) in [6.45, 7) is 1.34. The van der Waals surface area contributed by atoms with Crippen molar-refractivity contribution in [3.05, 3.63) is 51.6 Å². The second-order valence-corrected chi connectivity index (χ2v) is 9.03. The number of nitrogens with zero attached hydrogens (tertiary/aromatic N) is 1. The molecule has 0 unspecified atom stereocenters. The van der Waals surface area contributed by atoms with Crippen molar-refractivity contribution < 1.29 is 22.7 Å². The summed E-state index contributed by atoms with van der Waals surface area (Å²) in [7, 11) is -2.21. The van der Waals surface area contributed by atoms with Gasteiger partial charge in [0.1, 0.15) is 5.75 Å². The molecule has 1 saturated heterocycles. The number of ether oxygens (including phenoxy) is 2. The Morgan fingerprint density at radius 1 is 1.19 bits per heavy atom. The van der Waals surface area contributed by atoms with Crippen LogP contribution in [-0.4, -0.2) is 52.0 Å². The van der Waals surface area contributed by atoms with Crippen LogP contribution in [0, 0.1) is 3.57 Å². The monoisotopic (exact) mass is 502 g/mol. The summed E-state index contributed by atoms with van der Waals surface area (Å²) in [5, 5.41) is 2.75. The zero-order chi connectivity index (χ0) is 19.4. The Hall–Kier alpha value is -1.69. The first-order valence-electron chi connectivity index (χ1n) is 8.24. The van der Waals surface area contributed by atoms with Crippen LogP contribution >= 0.6 is 22.6 Å². The Kier molecular flexibility index (Phi) is 6.35. The smallest absolute Gasteiger partial charge is 0.255 e. The maximum absolute atomic E-state index is 12.9. The number of amides is 1. The van der Waals surface area contributed by atoms with Gasteiger partial charge in [0.05, 0.1) is 30.9 Å². The summed E-state index contributed by atoms with van der Waals surface area (Å²) in [5.74, 6) is 0.0441. The minimum atomic E-state index is -3.67. The molecule has 1 amide bonds. The van der Waals surface area contributed by atoms with E-state index in [4.69, 9.17) is 9.47 Å². The van der Waals surface area contributed by atoms with Gasteiger partial charge in [-0.25, -0.2) is 8.42 Å². The van der Waals surface area contributed by atoms with Crippen molar-refractivity contribution in [3.63, 3.8) is 0 Å². The van der Waals surface area contributed by atoms with Gasteiger partial charge >= 0.3 is 0 Å². The number of hydrogen-bond acceptors (Lipinski definition) is 5. The summed E-state index contributed by atoms with van der Waals surface area (Å²) in [5.41, 5.74) is 0.779. The molecule has 0 radical (unpaired) electrons. The molecule has 1 aliphatic heterocycles. The molecule has 7 nitrogen and oxygen atoms in total. The van der Waals surface area contributed by atoms with Crippen LogP contribution in [0.1, 0.15) is 10.4 Å². The molecular weight excluding hydrogens is 483 g/mol. The molecule has 3 rings (SSSR count). The Morgan fingerprint density at radius 3 is 2.59 bits per heavy atom. The van der Waals surface area contributed by atoms with Gasteiger partial charge in [-0.05, 0) is 59.0 Å². The molecule has 1 heterocycles. The molecule has 2 aromatic carbocycles. The van der Waals surface area contributed by atoms with Crippen LogP contribution in [0.4, 0.5) is 5.69 Å². The van der Waals surface area contributed by atoms with Crippen molar-refractivity contribution >= 4 is 44.2 Å². The summed E-state index contributed by atoms with van der Waals surface area (Å²) >= 11 is 2.12. The van der Waals surface area contributed by atoms with Crippen LogP contribution < -0.4 is 10.1 Å². The second kappa shape index (κ2) is 8.55. The molecule has 0 bridgehead atoms. The standard InChI is InChI=1S/C18H19IN2O5S/c1-25-17-6-5-15(27(23,24)21-7-9-26-10-8-21)12-16(17)20-18(22)13-3-2-4-14(19)11-13/h2-6,11-12H,7-10H2,1H3,(H,20,22). The highest BCUT2D eigenvalue weighted by Crippen LogP contribution is 2.29. The lowest BCUT2D eigenvalue weighted by atomic mass is 10.2. The normalized spacial score (nSPS) is 15.3. The number of rotatable bonds is 5. The average Bonchev–Trinajstić information content (AvgIpc) is 2.68. The summed E-state index contributed by atoms with van der Waals surface area (Å²) < 4.78 is 38.5. The van der Waals surface area contributed by atoms with Crippen molar-refractivity contribution in [2.45, 2.75) is 4.90 Å². The van der Waals surface area contributed by atoms with E-state index in [-0.39, 0.29) is 10.8 Å². The zero-order valence-corrected chi connectivity index (χ0v) is 17.6. The van der Waals surface area contributed by atoms with Gasteiger partial charge in [-0.2, -0.15) is 4.31 Å². The zero-order valence-electron chi connectivity index (χ0n) is 14.6. The van der Waals surface area contributed by atoms with E-state index in [1.165, 1.54) is 29.6 Å². The van der Waals surface area contributed by atoms with Gasteiger partial charge in [0, 0.05) is 22.2 Å². The molecule has 0 aliphatic carbocycles. The third-order valence-corrected chi connectivity index (χ3v) is 6.68. The Morgan fingerprint density at radius 2 is 1.93 bits per heavy atom. The predicted octanol–water partition coefficient (Wildman–Crippen LogP) is 2.57. The number of carbonyl (C=O) groups is 1. The first-order chi connectivity index (χ1) is 12.9. The Bertz CT molecular complexity index is 943. The van der Waals surface area contributed by atoms with Crippen molar-refractivity contribution in [2.24, 2.45) is 0 Å². The topological polar surface area (TPSA) is 84.9 Å². The van der Waals surface area contributed by atoms with Crippen molar-refractivity contribution in [1.29, 1.82) is 0 Å². The number of nitrogens with one attached hydrogen (secondary N) is 1. The van der Waals surface area contributed by atoms with Crippen molar-refractivity contribution in [1.82, 2.24) is 4.31 Å². The highest BCUT2D eigenvalue weighted by Gasteiger charge is 2.27. The van der Waals surface area contributed by atoms with Gasteiger partial charge in [-0.1, -0.05) is 6.07 Å². The number of morpholine rings is 1. The van der Waals surface area contributed by atoms with Gasteiger partial charge in [0.2, 0.25) is 10.0 Å². The van der Waals surface area contributed by atoms with Crippen LogP contribution in [0.2, 0.25) is 0 Å². The minimum absolute atomic E-state index is 0.100. The van der Waals surface area contributed by atoms with E-state index in [1.54, 1.807) is 18.2 Å². The molecule has 1 aliphatic rings. The van der Waals surface area contributed by atoms with Gasteiger partial charge < -0.3 is 14.8 Å². The number of benzene rings is 2. The number of halogens is 1. The number of sulfonamides is 1. The molecule has 0 saturated carbocycles. The first-order valence-corrected chi connectivity index (χ1v) is 10.8. The number of carbonyl (C=O) groups excluding carboxylic acids is 1. The Labute approximate surface area is 171 Å². The van der Waals surface area contributed by atoms with Crippen LogP contribution in [0.3, 0.4) is 0 Å². The third-order valence-electron chi connectivity index (χ3n) is 4.11. The quantitative estimate of drug-likeness (QED) is 0.636. The Balaban J connectivity index is 1.90. The third kappa shape index (κ3) is 4.60. The van der Waals surface area contributed by atoms with E-state index in [0.717, 1.165) is 3.57 Å². The van der Waals surface area contributed by atoms with E-state index in [2.05, 4.69) is 27.9 Å². The van der Waals surface area contributed by atoms with Gasteiger partial charge in [-0.3, -0.25) is 4.79 Å². The highest BCUT2D eigenvalue weighted by atomic mass is 127. The summed E-state index contributed by atoms with van der Waals surface area (Å²) in [4.78, 5) is 12.7. The number of methoxy groups -OCH3 is 1.